The topological polar surface area (TPSA) is 48.1 Å². The second-order valence-corrected chi connectivity index (χ2v) is 5.31. The van der Waals surface area contributed by atoms with Crippen LogP contribution in [0.4, 0.5) is 13.2 Å². The van der Waals surface area contributed by atoms with Crippen molar-refractivity contribution in [1.82, 2.24) is 4.98 Å². The van der Waals surface area contributed by atoms with Crippen molar-refractivity contribution in [3.05, 3.63) is 24.0 Å². The van der Waals surface area contributed by atoms with E-state index in [2.05, 4.69) is 4.98 Å². The second kappa shape index (κ2) is 9.43. The summed E-state index contributed by atoms with van der Waals surface area (Å²) in [4.78, 5) is 3.37. The van der Waals surface area contributed by atoms with Crippen LogP contribution in [0.2, 0.25) is 0 Å². The Bertz CT molecular complexity index is 421. The maximum atomic E-state index is 12.4. The molecule has 1 aliphatic rings. The van der Waals surface area contributed by atoms with Gasteiger partial charge in [0.25, 0.3) is 0 Å². The first-order valence-electron chi connectivity index (χ1n) is 6.85. The highest BCUT2D eigenvalue weighted by Gasteiger charge is 2.32. The summed E-state index contributed by atoms with van der Waals surface area (Å²) in [7, 11) is 0. The van der Waals surface area contributed by atoms with Crippen LogP contribution in [0, 0.1) is 11.8 Å². The minimum Gasteiger partial charge on any atom is -0.492 e. The predicted molar refractivity (Wildman–Crippen MR) is 83.7 cm³/mol. The van der Waals surface area contributed by atoms with E-state index in [1.165, 1.54) is 6.07 Å². The maximum absolute atomic E-state index is 12.4. The monoisotopic (exact) mass is 360 g/mol. The van der Waals surface area contributed by atoms with E-state index in [1.807, 2.05) is 0 Å². The van der Waals surface area contributed by atoms with Crippen LogP contribution in [0.15, 0.2) is 18.3 Å². The number of alkyl halides is 3. The minimum absolute atomic E-state index is 0. The Kier molecular flexibility index (Phi) is 9.12. The SMILES string of the molecule is Cl.Cl.NCC1CCC(COc2ccc(C(F)(F)F)nc2)CC1. The molecule has 0 unspecified atom stereocenters. The van der Waals surface area contributed by atoms with Crippen LogP contribution in [0.1, 0.15) is 31.4 Å². The number of nitrogens with zero attached hydrogens (tertiary/aromatic N) is 1. The third-order valence-electron chi connectivity index (χ3n) is 3.81. The molecule has 0 amide bonds. The van der Waals surface area contributed by atoms with E-state index in [0.717, 1.165) is 44.5 Å². The molecule has 1 aromatic heterocycles. The summed E-state index contributed by atoms with van der Waals surface area (Å²) >= 11 is 0. The van der Waals surface area contributed by atoms with Crippen LogP contribution in [-0.2, 0) is 6.18 Å². The summed E-state index contributed by atoms with van der Waals surface area (Å²) in [5.41, 5.74) is 4.74. The summed E-state index contributed by atoms with van der Waals surface area (Å²) in [6, 6.07) is 2.27. The number of hydrogen-bond donors (Lipinski definition) is 1. The number of nitrogens with two attached hydrogens (primary N) is 1. The van der Waals surface area contributed by atoms with Crippen molar-refractivity contribution in [2.45, 2.75) is 31.9 Å². The van der Waals surface area contributed by atoms with Gasteiger partial charge in [0.2, 0.25) is 0 Å². The van der Waals surface area contributed by atoms with Crippen molar-refractivity contribution < 1.29 is 17.9 Å². The zero-order valence-corrected chi connectivity index (χ0v) is 13.6. The van der Waals surface area contributed by atoms with Crippen LogP contribution < -0.4 is 10.5 Å². The van der Waals surface area contributed by atoms with E-state index in [1.54, 1.807) is 0 Å². The zero-order valence-electron chi connectivity index (χ0n) is 12.0. The number of hydrogen-bond acceptors (Lipinski definition) is 3. The molecule has 1 aromatic rings. The highest BCUT2D eigenvalue weighted by molar-refractivity contribution is 5.85. The number of aromatic nitrogens is 1. The predicted octanol–water partition coefficient (Wildman–Crippen LogP) is 4.09. The van der Waals surface area contributed by atoms with Gasteiger partial charge in [-0.05, 0) is 56.2 Å². The Balaban J connectivity index is 0.00000220. The average Bonchev–Trinajstić information content (AvgIpc) is 2.45. The van der Waals surface area contributed by atoms with E-state index in [-0.39, 0.29) is 24.8 Å². The summed E-state index contributed by atoms with van der Waals surface area (Å²) in [5.74, 6) is 1.46. The summed E-state index contributed by atoms with van der Waals surface area (Å²) in [6.45, 7) is 1.26. The lowest BCUT2D eigenvalue weighted by atomic mass is 9.82. The first kappa shape index (κ1) is 21.3. The van der Waals surface area contributed by atoms with E-state index < -0.39 is 11.9 Å². The molecule has 128 valence electrons. The molecule has 0 bridgehead atoms. The van der Waals surface area contributed by atoms with Crippen LogP contribution in [0.3, 0.4) is 0 Å². The maximum Gasteiger partial charge on any atom is 0.433 e. The van der Waals surface area contributed by atoms with Gasteiger partial charge in [-0.3, -0.25) is 0 Å². The van der Waals surface area contributed by atoms with Crippen molar-refractivity contribution >= 4 is 24.8 Å². The van der Waals surface area contributed by atoms with Gasteiger partial charge in [0.1, 0.15) is 11.4 Å². The molecule has 1 fully saturated rings. The van der Waals surface area contributed by atoms with Crippen LogP contribution in [-0.4, -0.2) is 18.1 Å². The van der Waals surface area contributed by atoms with E-state index in [4.69, 9.17) is 10.5 Å². The number of halogens is 5. The lowest BCUT2D eigenvalue weighted by molar-refractivity contribution is -0.141. The van der Waals surface area contributed by atoms with E-state index in [9.17, 15) is 13.2 Å². The molecule has 0 spiro atoms. The number of pyridine rings is 1. The molecule has 22 heavy (non-hydrogen) atoms. The Hall–Kier alpha value is -0.720. The molecule has 0 aliphatic heterocycles. The van der Waals surface area contributed by atoms with Gasteiger partial charge in [0.15, 0.2) is 0 Å². The third kappa shape index (κ3) is 6.18. The molecule has 2 N–H and O–H groups in total. The Morgan fingerprint density at radius 3 is 2.14 bits per heavy atom. The molecule has 1 aliphatic carbocycles. The molecule has 1 saturated carbocycles. The lowest BCUT2D eigenvalue weighted by Crippen LogP contribution is -2.24. The normalized spacial score (nSPS) is 21.5. The molecule has 8 heteroatoms. The van der Waals surface area contributed by atoms with Gasteiger partial charge in [-0.1, -0.05) is 0 Å². The number of ether oxygens (including phenoxy) is 1. The molecule has 1 heterocycles. The molecular formula is C14H21Cl2F3N2O. The zero-order chi connectivity index (χ0) is 14.6. The van der Waals surface area contributed by atoms with Crippen molar-refractivity contribution in [2.75, 3.05) is 13.2 Å². The van der Waals surface area contributed by atoms with Crippen molar-refractivity contribution in [3.63, 3.8) is 0 Å². The summed E-state index contributed by atoms with van der Waals surface area (Å²) in [6.07, 6.45) is 1.07. The van der Waals surface area contributed by atoms with Crippen molar-refractivity contribution in [2.24, 2.45) is 17.6 Å². The highest BCUT2D eigenvalue weighted by atomic mass is 35.5. The largest absolute Gasteiger partial charge is 0.492 e. The molecule has 0 radical (unpaired) electrons. The average molecular weight is 361 g/mol. The highest BCUT2D eigenvalue weighted by Crippen LogP contribution is 2.30. The fourth-order valence-corrected chi connectivity index (χ4v) is 2.48. The molecule has 0 atom stereocenters. The first-order valence-corrected chi connectivity index (χ1v) is 6.85. The smallest absolute Gasteiger partial charge is 0.433 e. The van der Waals surface area contributed by atoms with Gasteiger partial charge in [-0.25, -0.2) is 4.98 Å². The Morgan fingerprint density at radius 1 is 1.09 bits per heavy atom. The number of rotatable bonds is 4. The van der Waals surface area contributed by atoms with Gasteiger partial charge in [0.05, 0.1) is 12.8 Å². The van der Waals surface area contributed by atoms with Crippen LogP contribution in [0.25, 0.3) is 0 Å². The van der Waals surface area contributed by atoms with E-state index >= 15 is 0 Å². The second-order valence-electron chi connectivity index (χ2n) is 5.31. The van der Waals surface area contributed by atoms with Gasteiger partial charge in [-0.2, -0.15) is 13.2 Å². The fraction of sp³-hybridized carbons (Fsp3) is 0.643. The minimum atomic E-state index is -4.40. The van der Waals surface area contributed by atoms with Crippen LogP contribution >= 0.6 is 24.8 Å². The van der Waals surface area contributed by atoms with Gasteiger partial charge < -0.3 is 10.5 Å². The summed E-state index contributed by atoms with van der Waals surface area (Å²) in [5, 5.41) is 0. The quantitative estimate of drug-likeness (QED) is 0.879. The van der Waals surface area contributed by atoms with Crippen LogP contribution in [0.5, 0.6) is 5.75 Å². The molecule has 0 aromatic carbocycles. The van der Waals surface area contributed by atoms with E-state index in [0.29, 0.717) is 24.2 Å². The van der Waals surface area contributed by atoms with Crippen molar-refractivity contribution in [3.8, 4) is 5.75 Å². The molecular weight excluding hydrogens is 340 g/mol. The van der Waals surface area contributed by atoms with Gasteiger partial charge >= 0.3 is 6.18 Å². The van der Waals surface area contributed by atoms with Crippen molar-refractivity contribution in [1.29, 1.82) is 0 Å². The molecule has 0 saturated heterocycles. The van der Waals surface area contributed by atoms with Gasteiger partial charge in [0, 0.05) is 0 Å². The lowest BCUT2D eigenvalue weighted by Gasteiger charge is -2.27. The fourth-order valence-electron chi connectivity index (χ4n) is 2.48. The van der Waals surface area contributed by atoms with Gasteiger partial charge in [-0.15, -0.1) is 24.8 Å². The Morgan fingerprint density at radius 2 is 1.68 bits per heavy atom. The standard InChI is InChI=1S/C14H19F3N2O.2ClH/c15-14(16,17)13-6-5-12(8-19-13)20-9-11-3-1-10(7-18)2-4-11;;/h5-6,8,10-11H,1-4,7,9,18H2;2*1H. The molecule has 2 rings (SSSR count). The Labute approximate surface area is 140 Å². The third-order valence-corrected chi connectivity index (χ3v) is 3.81. The first-order chi connectivity index (χ1) is 9.49. The molecule has 3 nitrogen and oxygen atoms in total. The summed E-state index contributed by atoms with van der Waals surface area (Å²) < 4.78 is 42.6.